The SMILES string of the molecule is CC1CN(c2nc(Cc3ccccc3)ns2)CCN1. The molecule has 0 bridgehead atoms. The lowest BCUT2D eigenvalue weighted by molar-refractivity contribution is 0.484. The summed E-state index contributed by atoms with van der Waals surface area (Å²) < 4.78 is 4.48. The predicted octanol–water partition coefficient (Wildman–Crippen LogP) is 1.93. The zero-order valence-corrected chi connectivity index (χ0v) is 11.9. The van der Waals surface area contributed by atoms with Gasteiger partial charge >= 0.3 is 0 Å². The molecule has 2 aromatic rings. The highest BCUT2D eigenvalue weighted by atomic mass is 32.1. The first-order chi connectivity index (χ1) is 9.31. The van der Waals surface area contributed by atoms with E-state index in [0.717, 1.165) is 37.0 Å². The molecule has 1 aliphatic rings. The van der Waals surface area contributed by atoms with E-state index in [0.29, 0.717) is 6.04 Å². The molecular weight excluding hydrogens is 256 g/mol. The summed E-state index contributed by atoms with van der Waals surface area (Å²) in [4.78, 5) is 7.00. The number of nitrogens with zero attached hydrogens (tertiary/aromatic N) is 3. The lowest BCUT2D eigenvalue weighted by Crippen LogP contribution is -2.49. The van der Waals surface area contributed by atoms with Gasteiger partial charge in [-0.15, -0.1) is 0 Å². The van der Waals surface area contributed by atoms with Gasteiger partial charge < -0.3 is 10.2 Å². The van der Waals surface area contributed by atoms with Gasteiger partial charge in [0.15, 0.2) is 0 Å². The Balaban J connectivity index is 1.69. The average molecular weight is 274 g/mol. The Labute approximate surface area is 117 Å². The molecule has 1 atom stereocenters. The van der Waals surface area contributed by atoms with E-state index in [4.69, 9.17) is 0 Å². The minimum Gasteiger partial charge on any atom is -0.344 e. The molecule has 0 saturated carbocycles. The van der Waals surface area contributed by atoms with Crippen molar-refractivity contribution < 1.29 is 0 Å². The second-order valence-electron chi connectivity index (χ2n) is 4.96. The summed E-state index contributed by atoms with van der Waals surface area (Å²) >= 11 is 1.51. The number of nitrogens with one attached hydrogen (secondary N) is 1. The Morgan fingerprint density at radius 3 is 3.00 bits per heavy atom. The fourth-order valence-corrected chi connectivity index (χ4v) is 3.05. The van der Waals surface area contributed by atoms with Crippen LogP contribution in [0, 0.1) is 0 Å². The van der Waals surface area contributed by atoms with Crippen molar-refractivity contribution in [3.8, 4) is 0 Å². The van der Waals surface area contributed by atoms with Crippen LogP contribution in [-0.4, -0.2) is 35.0 Å². The van der Waals surface area contributed by atoms with Crippen LogP contribution in [0.4, 0.5) is 5.13 Å². The van der Waals surface area contributed by atoms with Crippen LogP contribution in [0.2, 0.25) is 0 Å². The average Bonchev–Trinajstić information content (AvgIpc) is 2.88. The topological polar surface area (TPSA) is 41.1 Å². The van der Waals surface area contributed by atoms with E-state index in [1.807, 2.05) is 6.07 Å². The Bertz CT molecular complexity index is 525. The number of anilines is 1. The number of piperazine rings is 1. The van der Waals surface area contributed by atoms with Crippen LogP contribution in [0.3, 0.4) is 0 Å². The summed E-state index contributed by atoms with van der Waals surface area (Å²) in [5, 5.41) is 4.50. The zero-order valence-electron chi connectivity index (χ0n) is 11.0. The smallest absolute Gasteiger partial charge is 0.205 e. The van der Waals surface area contributed by atoms with Crippen LogP contribution in [0.15, 0.2) is 30.3 Å². The molecule has 1 aromatic heterocycles. The maximum atomic E-state index is 4.67. The summed E-state index contributed by atoms with van der Waals surface area (Å²) in [7, 11) is 0. The van der Waals surface area contributed by atoms with Crippen molar-refractivity contribution in [1.82, 2.24) is 14.7 Å². The number of benzene rings is 1. The van der Waals surface area contributed by atoms with E-state index in [1.165, 1.54) is 17.1 Å². The van der Waals surface area contributed by atoms with E-state index in [1.54, 1.807) is 0 Å². The third kappa shape index (κ3) is 3.11. The van der Waals surface area contributed by atoms with E-state index in [9.17, 15) is 0 Å². The molecule has 0 radical (unpaired) electrons. The first-order valence-corrected chi connectivity index (χ1v) is 7.43. The fraction of sp³-hybridized carbons (Fsp3) is 0.429. The highest BCUT2D eigenvalue weighted by molar-refractivity contribution is 7.09. The largest absolute Gasteiger partial charge is 0.344 e. The van der Waals surface area contributed by atoms with Crippen molar-refractivity contribution in [3.63, 3.8) is 0 Å². The normalized spacial score (nSPS) is 19.6. The Hall–Kier alpha value is -1.46. The molecule has 1 N–H and O–H groups in total. The molecule has 1 aliphatic heterocycles. The van der Waals surface area contributed by atoms with Gasteiger partial charge in [-0.1, -0.05) is 30.3 Å². The van der Waals surface area contributed by atoms with Crippen LogP contribution < -0.4 is 10.2 Å². The molecule has 0 aliphatic carbocycles. The summed E-state index contributed by atoms with van der Waals surface area (Å²) in [6.07, 6.45) is 0.818. The van der Waals surface area contributed by atoms with Crippen molar-refractivity contribution in [3.05, 3.63) is 41.7 Å². The first-order valence-electron chi connectivity index (χ1n) is 6.66. The van der Waals surface area contributed by atoms with Gasteiger partial charge in [0.2, 0.25) is 5.13 Å². The maximum absolute atomic E-state index is 4.67. The second-order valence-corrected chi connectivity index (χ2v) is 5.69. The molecule has 0 spiro atoms. The van der Waals surface area contributed by atoms with Crippen LogP contribution >= 0.6 is 11.5 Å². The van der Waals surface area contributed by atoms with Crippen LogP contribution in [0.1, 0.15) is 18.3 Å². The molecule has 100 valence electrons. The standard InChI is InChI=1S/C14H18N4S/c1-11-10-18(8-7-15-11)14-16-13(17-19-14)9-12-5-3-2-4-6-12/h2-6,11,15H,7-10H2,1H3. The number of hydrogen-bond donors (Lipinski definition) is 1. The van der Waals surface area contributed by atoms with Crippen molar-refractivity contribution in [1.29, 1.82) is 0 Å². The van der Waals surface area contributed by atoms with E-state index < -0.39 is 0 Å². The molecule has 1 fully saturated rings. The molecule has 5 heteroatoms. The van der Waals surface area contributed by atoms with Crippen LogP contribution in [0.25, 0.3) is 0 Å². The Morgan fingerprint density at radius 1 is 1.37 bits per heavy atom. The van der Waals surface area contributed by atoms with E-state index in [-0.39, 0.29) is 0 Å². The molecule has 19 heavy (non-hydrogen) atoms. The van der Waals surface area contributed by atoms with Gasteiger partial charge in [-0.05, 0) is 12.5 Å². The van der Waals surface area contributed by atoms with Gasteiger partial charge in [0, 0.05) is 43.6 Å². The Kier molecular flexibility index (Phi) is 3.75. The molecule has 2 heterocycles. The number of aromatic nitrogens is 2. The first kappa shape index (κ1) is 12.6. The lowest BCUT2D eigenvalue weighted by atomic mass is 10.1. The summed E-state index contributed by atoms with van der Waals surface area (Å²) in [6, 6.07) is 10.9. The second kappa shape index (κ2) is 5.67. The monoisotopic (exact) mass is 274 g/mol. The van der Waals surface area contributed by atoms with E-state index in [2.05, 4.69) is 50.8 Å². The molecule has 4 nitrogen and oxygen atoms in total. The molecular formula is C14H18N4S. The van der Waals surface area contributed by atoms with Gasteiger partial charge in [-0.2, -0.15) is 4.37 Å². The van der Waals surface area contributed by atoms with Gasteiger partial charge in [-0.25, -0.2) is 4.98 Å². The molecule has 1 aromatic carbocycles. The van der Waals surface area contributed by atoms with Gasteiger partial charge in [0.05, 0.1) is 0 Å². The highest BCUT2D eigenvalue weighted by Crippen LogP contribution is 2.20. The van der Waals surface area contributed by atoms with Crippen LogP contribution in [0.5, 0.6) is 0 Å². The fourth-order valence-electron chi connectivity index (χ4n) is 2.33. The third-order valence-electron chi connectivity index (χ3n) is 3.30. The van der Waals surface area contributed by atoms with Crippen LogP contribution in [-0.2, 0) is 6.42 Å². The molecule has 3 rings (SSSR count). The molecule has 1 saturated heterocycles. The Morgan fingerprint density at radius 2 is 2.21 bits per heavy atom. The minimum absolute atomic E-state index is 0.523. The maximum Gasteiger partial charge on any atom is 0.205 e. The zero-order chi connectivity index (χ0) is 13.1. The van der Waals surface area contributed by atoms with E-state index >= 15 is 0 Å². The summed E-state index contributed by atoms with van der Waals surface area (Å²) in [5.74, 6) is 0.928. The van der Waals surface area contributed by atoms with Gasteiger partial charge in [-0.3, -0.25) is 0 Å². The lowest BCUT2D eigenvalue weighted by Gasteiger charge is -2.31. The number of hydrogen-bond acceptors (Lipinski definition) is 5. The predicted molar refractivity (Wildman–Crippen MR) is 78.8 cm³/mol. The molecule has 0 amide bonds. The minimum atomic E-state index is 0.523. The summed E-state index contributed by atoms with van der Waals surface area (Å²) in [6.45, 7) is 5.26. The summed E-state index contributed by atoms with van der Waals surface area (Å²) in [5.41, 5.74) is 1.26. The van der Waals surface area contributed by atoms with Crippen molar-refractivity contribution in [2.75, 3.05) is 24.5 Å². The van der Waals surface area contributed by atoms with Crippen molar-refractivity contribution >= 4 is 16.7 Å². The number of rotatable bonds is 3. The molecule has 1 unspecified atom stereocenters. The van der Waals surface area contributed by atoms with Gasteiger partial charge in [0.25, 0.3) is 0 Å². The highest BCUT2D eigenvalue weighted by Gasteiger charge is 2.19. The quantitative estimate of drug-likeness (QED) is 0.928. The van der Waals surface area contributed by atoms with Crippen molar-refractivity contribution in [2.45, 2.75) is 19.4 Å². The van der Waals surface area contributed by atoms with Crippen molar-refractivity contribution in [2.24, 2.45) is 0 Å². The van der Waals surface area contributed by atoms with Gasteiger partial charge in [0.1, 0.15) is 5.82 Å². The third-order valence-corrected chi connectivity index (χ3v) is 4.12.